The van der Waals surface area contributed by atoms with Crippen LogP contribution in [0.1, 0.15) is 32.8 Å². The van der Waals surface area contributed by atoms with Crippen LogP contribution in [0.2, 0.25) is 0 Å². The van der Waals surface area contributed by atoms with Gasteiger partial charge in [-0.2, -0.15) is 0 Å². The highest BCUT2D eigenvalue weighted by atomic mass is 16.5. The predicted octanol–water partition coefficient (Wildman–Crippen LogP) is 1.93. The number of carbonyl (C=O) groups is 2. The highest BCUT2D eigenvalue weighted by Crippen LogP contribution is 2.42. The smallest absolute Gasteiger partial charge is 0.313 e. The van der Waals surface area contributed by atoms with Gasteiger partial charge < -0.3 is 15.4 Å². The SMILES string of the molecule is C#Cc1cccc(NC(=O)C(=O)N[C@H]2C[C@@H](OCC)C2(C)C)c1. The topological polar surface area (TPSA) is 67.4 Å². The number of ether oxygens (including phenoxy) is 1. The number of anilines is 1. The molecule has 0 spiro atoms. The first-order valence-electron chi connectivity index (χ1n) is 7.68. The van der Waals surface area contributed by atoms with Gasteiger partial charge in [-0.05, 0) is 31.5 Å². The van der Waals surface area contributed by atoms with Crippen molar-refractivity contribution >= 4 is 17.5 Å². The van der Waals surface area contributed by atoms with Gasteiger partial charge in [0.1, 0.15) is 0 Å². The molecule has 1 aromatic carbocycles. The zero-order valence-corrected chi connectivity index (χ0v) is 13.7. The first-order chi connectivity index (χ1) is 10.9. The van der Waals surface area contributed by atoms with Gasteiger partial charge in [-0.1, -0.05) is 25.8 Å². The van der Waals surface area contributed by atoms with E-state index in [1.165, 1.54) is 0 Å². The normalized spacial score (nSPS) is 21.7. The summed E-state index contributed by atoms with van der Waals surface area (Å²) >= 11 is 0. The lowest BCUT2D eigenvalue weighted by Gasteiger charge is -2.51. The summed E-state index contributed by atoms with van der Waals surface area (Å²) in [6, 6.07) is 6.73. The van der Waals surface area contributed by atoms with E-state index in [1.807, 2.05) is 20.8 Å². The molecule has 0 heterocycles. The minimum Gasteiger partial charge on any atom is -0.378 e. The second kappa shape index (κ2) is 6.84. The molecule has 122 valence electrons. The van der Waals surface area contributed by atoms with Gasteiger partial charge in [0.2, 0.25) is 0 Å². The lowest BCUT2D eigenvalue weighted by molar-refractivity contribution is -0.144. The average Bonchev–Trinajstić information content (AvgIpc) is 2.53. The van der Waals surface area contributed by atoms with Crippen LogP contribution in [0.15, 0.2) is 24.3 Å². The van der Waals surface area contributed by atoms with E-state index in [-0.39, 0.29) is 17.6 Å². The van der Waals surface area contributed by atoms with Crippen molar-refractivity contribution in [2.75, 3.05) is 11.9 Å². The van der Waals surface area contributed by atoms with Crippen LogP contribution in [0.4, 0.5) is 5.69 Å². The number of benzene rings is 1. The van der Waals surface area contributed by atoms with Crippen molar-refractivity contribution in [1.82, 2.24) is 5.32 Å². The van der Waals surface area contributed by atoms with Crippen LogP contribution < -0.4 is 10.6 Å². The molecular weight excluding hydrogens is 292 g/mol. The number of hydrogen-bond acceptors (Lipinski definition) is 3. The van der Waals surface area contributed by atoms with Crippen LogP contribution in [0, 0.1) is 17.8 Å². The Kier molecular flexibility index (Phi) is 5.07. The molecule has 5 nitrogen and oxygen atoms in total. The molecule has 2 N–H and O–H groups in total. The molecule has 0 radical (unpaired) electrons. The standard InChI is InChI=1S/C18H22N2O3/c1-5-12-8-7-9-13(10-12)19-16(21)17(22)20-14-11-15(23-6-2)18(14,3)4/h1,7-10,14-15H,6,11H2,2-4H3,(H,19,21)(H,20,22)/t14-,15+/m0/s1. The third-order valence-corrected chi connectivity index (χ3v) is 4.34. The Morgan fingerprint density at radius 3 is 2.74 bits per heavy atom. The summed E-state index contributed by atoms with van der Waals surface area (Å²) in [5.41, 5.74) is 0.957. The zero-order chi connectivity index (χ0) is 17.0. The van der Waals surface area contributed by atoms with Crippen LogP contribution in [0.5, 0.6) is 0 Å². The molecule has 1 aromatic rings. The Balaban J connectivity index is 1.91. The van der Waals surface area contributed by atoms with E-state index in [9.17, 15) is 9.59 Å². The van der Waals surface area contributed by atoms with E-state index >= 15 is 0 Å². The molecule has 1 aliphatic rings. The minimum atomic E-state index is -0.699. The Labute approximate surface area is 136 Å². The van der Waals surface area contributed by atoms with E-state index in [1.54, 1.807) is 24.3 Å². The molecule has 23 heavy (non-hydrogen) atoms. The van der Waals surface area contributed by atoms with Crippen LogP contribution in [0.25, 0.3) is 0 Å². The van der Waals surface area contributed by atoms with Crippen molar-refractivity contribution in [2.45, 2.75) is 39.3 Å². The van der Waals surface area contributed by atoms with E-state index in [0.29, 0.717) is 24.3 Å². The lowest BCUT2D eigenvalue weighted by atomic mass is 9.64. The van der Waals surface area contributed by atoms with Gasteiger partial charge in [0.15, 0.2) is 0 Å². The van der Waals surface area contributed by atoms with E-state index in [2.05, 4.69) is 16.6 Å². The Morgan fingerprint density at radius 2 is 2.13 bits per heavy atom. The number of terminal acetylenes is 1. The fourth-order valence-electron chi connectivity index (χ4n) is 2.71. The maximum atomic E-state index is 12.1. The number of nitrogens with one attached hydrogen (secondary N) is 2. The first-order valence-corrected chi connectivity index (χ1v) is 7.68. The molecule has 2 rings (SSSR count). The summed E-state index contributed by atoms with van der Waals surface area (Å²) in [6.45, 7) is 6.63. The molecule has 0 bridgehead atoms. The molecule has 1 fully saturated rings. The predicted molar refractivity (Wildman–Crippen MR) is 88.7 cm³/mol. The second-order valence-corrected chi connectivity index (χ2v) is 6.21. The third-order valence-electron chi connectivity index (χ3n) is 4.34. The number of amides is 2. The molecule has 0 aliphatic heterocycles. The first kappa shape index (κ1) is 17.0. The van der Waals surface area contributed by atoms with Gasteiger partial charge in [0.25, 0.3) is 0 Å². The van der Waals surface area contributed by atoms with Crippen LogP contribution in [0.3, 0.4) is 0 Å². The quantitative estimate of drug-likeness (QED) is 0.659. The summed E-state index contributed by atoms with van der Waals surface area (Å²) in [5.74, 6) is 1.13. The number of hydrogen-bond donors (Lipinski definition) is 2. The maximum Gasteiger partial charge on any atom is 0.313 e. The Morgan fingerprint density at radius 1 is 1.39 bits per heavy atom. The van der Waals surface area contributed by atoms with E-state index in [0.717, 1.165) is 0 Å². The van der Waals surface area contributed by atoms with E-state index < -0.39 is 11.8 Å². The van der Waals surface area contributed by atoms with Gasteiger partial charge >= 0.3 is 11.8 Å². The van der Waals surface area contributed by atoms with Gasteiger partial charge in [-0.15, -0.1) is 6.42 Å². The van der Waals surface area contributed by atoms with Crippen molar-refractivity contribution in [3.63, 3.8) is 0 Å². The summed E-state index contributed by atoms with van der Waals surface area (Å²) in [7, 11) is 0. The summed E-state index contributed by atoms with van der Waals surface area (Å²) in [5, 5.41) is 5.33. The monoisotopic (exact) mass is 314 g/mol. The van der Waals surface area contributed by atoms with Crippen molar-refractivity contribution < 1.29 is 14.3 Å². The Bertz CT molecular complexity index is 646. The molecule has 5 heteroatoms. The van der Waals surface area contributed by atoms with Crippen LogP contribution in [-0.2, 0) is 14.3 Å². The molecule has 0 saturated heterocycles. The highest BCUT2D eigenvalue weighted by molar-refractivity contribution is 6.39. The second-order valence-electron chi connectivity index (χ2n) is 6.21. The van der Waals surface area contributed by atoms with Gasteiger partial charge in [0.05, 0.1) is 6.10 Å². The van der Waals surface area contributed by atoms with Gasteiger partial charge in [-0.3, -0.25) is 9.59 Å². The molecule has 0 aromatic heterocycles. The van der Waals surface area contributed by atoms with Crippen LogP contribution >= 0.6 is 0 Å². The average molecular weight is 314 g/mol. The van der Waals surface area contributed by atoms with Crippen molar-refractivity contribution in [2.24, 2.45) is 5.41 Å². The molecule has 2 atom stereocenters. The fourth-order valence-corrected chi connectivity index (χ4v) is 2.71. The third kappa shape index (κ3) is 3.72. The summed E-state index contributed by atoms with van der Waals surface area (Å²) < 4.78 is 5.62. The van der Waals surface area contributed by atoms with Gasteiger partial charge in [-0.25, -0.2) is 0 Å². The van der Waals surface area contributed by atoms with E-state index in [4.69, 9.17) is 11.2 Å². The maximum absolute atomic E-state index is 12.1. The van der Waals surface area contributed by atoms with Crippen molar-refractivity contribution in [1.29, 1.82) is 0 Å². The highest BCUT2D eigenvalue weighted by Gasteiger charge is 2.49. The Hall–Kier alpha value is -2.32. The fraction of sp³-hybridized carbons (Fsp3) is 0.444. The minimum absolute atomic E-state index is 0.0747. The zero-order valence-electron chi connectivity index (χ0n) is 13.7. The number of carbonyl (C=O) groups excluding carboxylic acids is 2. The van der Waals surface area contributed by atoms with Crippen molar-refractivity contribution in [3.8, 4) is 12.3 Å². The lowest BCUT2D eigenvalue weighted by Crippen LogP contribution is -2.63. The molecule has 2 amide bonds. The number of rotatable bonds is 4. The molecule has 1 saturated carbocycles. The summed E-state index contributed by atoms with van der Waals surface area (Å²) in [4.78, 5) is 24.1. The molecule has 1 aliphatic carbocycles. The van der Waals surface area contributed by atoms with Crippen LogP contribution in [-0.4, -0.2) is 30.6 Å². The van der Waals surface area contributed by atoms with Crippen molar-refractivity contribution in [3.05, 3.63) is 29.8 Å². The molecular formula is C18H22N2O3. The van der Waals surface area contributed by atoms with Gasteiger partial charge in [0, 0.05) is 29.3 Å². The molecule has 0 unspecified atom stereocenters. The largest absolute Gasteiger partial charge is 0.378 e. The summed E-state index contributed by atoms with van der Waals surface area (Å²) in [6.07, 6.45) is 6.13.